The predicted molar refractivity (Wildman–Crippen MR) is 91.9 cm³/mol. The van der Waals surface area contributed by atoms with E-state index in [1.165, 1.54) is 60.7 Å². The fourth-order valence-corrected chi connectivity index (χ4v) is 1.98. The molecular formula is C20H12F6O2. The number of allylic oxidation sites excluding steroid dienone is 2. The third-order valence-electron chi connectivity index (χ3n) is 3.35. The molecule has 0 N–H and O–H groups in total. The Morgan fingerprint density at radius 2 is 1.25 bits per heavy atom. The normalized spacial score (nSPS) is 11.8. The van der Waals surface area contributed by atoms with E-state index >= 15 is 0 Å². The lowest BCUT2D eigenvalue weighted by atomic mass is 10.1. The summed E-state index contributed by atoms with van der Waals surface area (Å²) >= 11 is 0. The lowest BCUT2D eigenvalue weighted by molar-refractivity contribution is -0.137. The van der Waals surface area contributed by atoms with Crippen molar-refractivity contribution in [3.05, 3.63) is 89.5 Å². The highest BCUT2D eigenvalue weighted by molar-refractivity contribution is 6.04. The van der Waals surface area contributed by atoms with Crippen LogP contribution in [0, 0.1) is 0 Å². The van der Waals surface area contributed by atoms with Crippen LogP contribution < -0.4 is 4.74 Å². The molecule has 2 rings (SSSR count). The van der Waals surface area contributed by atoms with Crippen LogP contribution in [0.2, 0.25) is 0 Å². The van der Waals surface area contributed by atoms with Crippen molar-refractivity contribution in [3.63, 3.8) is 0 Å². The molecule has 0 amide bonds. The van der Waals surface area contributed by atoms with Gasteiger partial charge in [-0.15, -0.1) is 0 Å². The molecule has 0 heterocycles. The molecule has 8 heteroatoms. The van der Waals surface area contributed by atoms with Gasteiger partial charge in [0.1, 0.15) is 5.75 Å². The molecule has 0 unspecified atom stereocenters. The van der Waals surface area contributed by atoms with Gasteiger partial charge in [0.25, 0.3) is 0 Å². The van der Waals surface area contributed by atoms with E-state index in [9.17, 15) is 31.1 Å². The van der Waals surface area contributed by atoms with Crippen molar-refractivity contribution in [3.8, 4) is 5.75 Å². The highest BCUT2D eigenvalue weighted by atomic mass is 19.4. The number of carbonyl (C=O) groups is 1. The Bertz CT molecular complexity index is 903. The van der Waals surface area contributed by atoms with Crippen LogP contribution in [0.25, 0.3) is 12.2 Å². The lowest BCUT2D eigenvalue weighted by Crippen LogP contribution is -2.03. The standard InChI is InChI=1S/C20H12F6O2/c21-18(22)19(23)28-17-11-5-14(6-12-17)4-10-16(27)9-3-13-1-7-15(8-2-13)20(24,25)26/h1-12H/b9-3+,10-4+. The van der Waals surface area contributed by atoms with Crippen molar-refractivity contribution in [1.29, 1.82) is 0 Å². The predicted octanol–water partition coefficient (Wildman–Crippen LogP) is 6.42. The molecule has 146 valence electrons. The summed E-state index contributed by atoms with van der Waals surface area (Å²) in [5.74, 6) is -0.565. The SMILES string of the molecule is O=C(/C=C/c1ccc(OC(F)=C(F)F)cc1)/C=C/c1ccc(C(F)(F)F)cc1. The minimum atomic E-state index is -4.43. The van der Waals surface area contributed by atoms with Gasteiger partial charge in [-0.3, -0.25) is 4.79 Å². The van der Waals surface area contributed by atoms with Crippen molar-refractivity contribution >= 4 is 17.9 Å². The molecule has 2 aromatic carbocycles. The van der Waals surface area contributed by atoms with E-state index in [4.69, 9.17) is 0 Å². The molecular weight excluding hydrogens is 386 g/mol. The molecule has 0 aromatic heterocycles. The third kappa shape index (κ3) is 6.46. The largest absolute Gasteiger partial charge is 0.428 e. The average molecular weight is 398 g/mol. The van der Waals surface area contributed by atoms with Crippen LogP contribution in [0.3, 0.4) is 0 Å². The number of ketones is 1. The molecule has 0 aliphatic rings. The van der Waals surface area contributed by atoms with Crippen LogP contribution in [-0.4, -0.2) is 5.78 Å². The first-order valence-corrected chi connectivity index (χ1v) is 7.71. The molecule has 0 spiro atoms. The van der Waals surface area contributed by atoms with Gasteiger partial charge >= 0.3 is 18.3 Å². The first kappa shape index (κ1) is 21.0. The number of benzene rings is 2. The van der Waals surface area contributed by atoms with Gasteiger partial charge in [0.05, 0.1) is 5.56 Å². The van der Waals surface area contributed by atoms with Gasteiger partial charge < -0.3 is 4.74 Å². The number of halogens is 6. The fraction of sp³-hybridized carbons (Fsp3) is 0.0500. The molecule has 0 aliphatic carbocycles. The van der Waals surface area contributed by atoms with E-state index < -0.39 is 29.6 Å². The minimum Gasteiger partial charge on any atom is -0.428 e. The Hall–Kier alpha value is -3.29. The summed E-state index contributed by atoms with van der Waals surface area (Å²) < 4.78 is 78.2. The Labute approximate surface area is 156 Å². The van der Waals surface area contributed by atoms with Crippen LogP contribution in [-0.2, 0) is 11.0 Å². The quantitative estimate of drug-likeness (QED) is 0.319. The van der Waals surface area contributed by atoms with Gasteiger partial charge in [0.15, 0.2) is 5.78 Å². The molecule has 2 aromatic rings. The van der Waals surface area contributed by atoms with Gasteiger partial charge in [-0.2, -0.15) is 26.3 Å². The second-order valence-electron chi connectivity index (χ2n) is 5.39. The second-order valence-corrected chi connectivity index (χ2v) is 5.39. The number of carbonyl (C=O) groups excluding carboxylic acids is 1. The Morgan fingerprint density at radius 1 is 0.786 bits per heavy atom. The summed E-state index contributed by atoms with van der Waals surface area (Å²) in [7, 11) is 0. The molecule has 0 radical (unpaired) electrons. The number of ether oxygens (including phenoxy) is 1. The minimum absolute atomic E-state index is 0.143. The Kier molecular flexibility index (Phi) is 6.81. The average Bonchev–Trinajstić information content (AvgIpc) is 2.65. The van der Waals surface area contributed by atoms with Crippen LogP contribution in [0.5, 0.6) is 5.75 Å². The molecule has 0 saturated heterocycles. The van der Waals surface area contributed by atoms with Crippen LogP contribution in [0.4, 0.5) is 26.3 Å². The second kappa shape index (κ2) is 9.07. The van der Waals surface area contributed by atoms with E-state index in [1.807, 2.05) is 0 Å². The monoisotopic (exact) mass is 398 g/mol. The van der Waals surface area contributed by atoms with Crippen molar-refractivity contribution in [2.75, 3.05) is 0 Å². The molecule has 2 nitrogen and oxygen atoms in total. The first-order chi connectivity index (χ1) is 13.1. The summed E-state index contributed by atoms with van der Waals surface area (Å²) in [4.78, 5) is 11.8. The van der Waals surface area contributed by atoms with Crippen molar-refractivity contribution < 1.29 is 35.9 Å². The highest BCUT2D eigenvalue weighted by Gasteiger charge is 2.29. The van der Waals surface area contributed by atoms with E-state index in [-0.39, 0.29) is 5.75 Å². The van der Waals surface area contributed by atoms with Crippen LogP contribution in [0.1, 0.15) is 16.7 Å². The van der Waals surface area contributed by atoms with Crippen molar-refractivity contribution in [2.45, 2.75) is 6.18 Å². The van der Waals surface area contributed by atoms with Gasteiger partial charge in [0.2, 0.25) is 0 Å². The van der Waals surface area contributed by atoms with Crippen molar-refractivity contribution in [1.82, 2.24) is 0 Å². The number of rotatable bonds is 6. The van der Waals surface area contributed by atoms with E-state index in [0.717, 1.165) is 12.1 Å². The van der Waals surface area contributed by atoms with Gasteiger partial charge in [0, 0.05) is 0 Å². The van der Waals surface area contributed by atoms with Gasteiger partial charge in [-0.05, 0) is 47.5 Å². The molecule has 0 atom stereocenters. The summed E-state index contributed by atoms with van der Waals surface area (Å²) in [5.41, 5.74) is 0.160. The lowest BCUT2D eigenvalue weighted by Gasteiger charge is -2.05. The fourth-order valence-electron chi connectivity index (χ4n) is 1.98. The molecule has 0 saturated carbocycles. The maximum absolute atomic E-state index is 12.7. The summed E-state index contributed by atoms with van der Waals surface area (Å²) in [6, 6.07) is 7.63. The molecule has 0 aliphatic heterocycles. The zero-order valence-corrected chi connectivity index (χ0v) is 14.0. The first-order valence-electron chi connectivity index (χ1n) is 7.71. The molecule has 0 fully saturated rings. The summed E-state index contributed by atoms with van der Waals surface area (Å²) in [6.07, 6.45) is -1.83. The zero-order chi connectivity index (χ0) is 20.7. The Morgan fingerprint density at radius 3 is 1.68 bits per heavy atom. The molecule has 0 bridgehead atoms. The van der Waals surface area contributed by atoms with Crippen LogP contribution >= 0.6 is 0 Å². The number of hydrogen-bond donors (Lipinski definition) is 0. The topological polar surface area (TPSA) is 26.3 Å². The Balaban J connectivity index is 1.96. The van der Waals surface area contributed by atoms with Gasteiger partial charge in [-0.1, -0.05) is 36.4 Å². The summed E-state index contributed by atoms with van der Waals surface area (Å²) in [6.45, 7) is 0. The molecule has 28 heavy (non-hydrogen) atoms. The van der Waals surface area contributed by atoms with Crippen LogP contribution in [0.15, 0.2) is 72.8 Å². The smallest absolute Gasteiger partial charge is 0.416 e. The van der Waals surface area contributed by atoms with E-state index in [1.54, 1.807) is 0 Å². The van der Waals surface area contributed by atoms with E-state index in [2.05, 4.69) is 4.74 Å². The summed E-state index contributed by atoms with van der Waals surface area (Å²) in [5, 5.41) is 0. The maximum atomic E-state index is 12.7. The van der Waals surface area contributed by atoms with E-state index in [0.29, 0.717) is 11.1 Å². The third-order valence-corrected chi connectivity index (χ3v) is 3.35. The van der Waals surface area contributed by atoms with Gasteiger partial charge in [-0.25, -0.2) is 0 Å². The number of hydrogen-bond acceptors (Lipinski definition) is 2. The maximum Gasteiger partial charge on any atom is 0.416 e. The zero-order valence-electron chi connectivity index (χ0n) is 14.0. The van der Waals surface area contributed by atoms with Crippen molar-refractivity contribution in [2.24, 2.45) is 0 Å². The number of alkyl halides is 3. The highest BCUT2D eigenvalue weighted by Crippen LogP contribution is 2.29.